The molecule has 0 atom stereocenters. The molecule has 1 aliphatic carbocycles. The van der Waals surface area contributed by atoms with E-state index in [1.165, 1.54) is 10.7 Å². The van der Waals surface area contributed by atoms with Gasteiger partial charge >= 0.3 is 5.97 Å². The number of carboxylic acid groups (broad SMARTS) is 1. The van der Waals surface area contributed by atoms with Gasteiger partial charge in [0.05, 0.1) is 6.20 Å². The van der Waals surface area contributed by atoms with Crippen LogP contribution in [-0.2, 0) is 0 Å². The van der Waals surface area contributed by atoms with Gasteiger partial charge in [0.2, 0.25) is 0 Å². The van der Waals surface area contributed by atoms with Crippen LogP contribution in [0.25, 0.3) is 5.65 Å². The number of rotatable bonds is 2. The van der Waals surface area contributed by atoms with Crippen LogP contribution in [0.5, 0.6) is 0 Å². The van der Waals surface area contributed by atoms with Gasteiger partial charge in [0.15, 0.2) is 11.3 Å². The third-order valence-electron chi connectivity index (χ3n) is 3.10. The molecule has 16 heavy (non-hydrogen) atoms. The summed E-state index contributed by atoms with van der Waals surface area (Å²) in [5.74, 6) is -0.660. The summed E-state index contributed by atoms with van der Waals surface area (Å²) >= 11 is 0. The molecule has 2 heterocycles. The molecule has 1 aliphatic rings. The Morgan fingerprint density at radius 1 is 1.44 bits per heavy atom. The van der Waals surface area contributed by atoms with Crippen LogP contribution in [0.1, 0.15) is 41.2 Å². The van der Waals surface area contributed by atoms with Gasteiger partial charge in [-0.1, -0.05) is 11.6 Å². The monoisotopic (exact) mass is 218 g/mol. The Bertz CT molecular complexity index is 559. The molecule has 0 amide bonds. The summed E-state index contributed by atoms with van der Waals surface area (Å²) in [6.45, 7) is 0. The number of carbonyl (C=O) groups is 1. The van der Waals surface area contributed by atoms with Crippen molar-refractivity contribution < 1.29 is 9.90 Å². The number of aromatic nitrogens is 4. The second-order valence-electron chi connectivity index (χ2n) is 4.00. The van der Waals surface area contributed by atoms with E-state index in [1.54, 1.807) is 6.20 Å². The SMILES string of the molecule is O=C(O)c1c(C2CCC2)cnc2cnnn12. The molecule has 0 spiro atoms. The second-order valence-corrected chi connectivity index (χ2v) is 4.00. The van der Waals surface area contributed by atoms with Crippen LogP contribution in [0.3, 0.4) is 0 Å². The second kappa shape index (κ2) is 3.26. The van der Waals surface area contributed by atoms with E-state index in [1.807, 2.05) is 0 Å². The van der Waals surface area contributed by atoms with Gasteiger partial charge in [-0.25, -0.2) is 9.78 Å². The number of hydrogen-bond acceptors (Lipinski definition) is 4. The minimum atomic E-state index is -0.972. The van der Waals surface area contributed by atoms with E-state index in [2.05, 4.69) is 15.3 Å². The van der Waals surface area contributed by atoms with E-state index in [0.29, 0.717) is 11.6 Å². The van der Waals surface area contributed by atoms with Crippen molar-refractivity contribution in [2.45, 2.75) is 25.2 Å². The summed E-state index contributed by atoms with van der Waals surface area (Å²) in [4.78, 5) is 15.4. The molecule has 6 heteroatoms. The minimum Gasteiger partial charge on any atom is -0.476 e. The maximum absolute atomic E-state index is 11.3. The van der Waals surface area contributed by atoms with Crippen LogP contribution in [0.4, 0.5) is 0 Å². The Kier molecular flexibility index (Phi) is 1.89. The highest BCUT2D eigenvalue weighted by Crippen LogP contribution is 2.37. The van der Waals surface area contributed by atoms with Gasteiger partial charge in [0, 0.05) is 11.8 Å². The third kappa shape index (κ3) is 1.19. The fourth-order valence-electron chi connectivity index (χ4n) is 2.03. The van der Waals surface area contributed by atoms with Crippen molar-refractivity contribution in [2.75, 3.05) is 0 Å². The fourth-order valence-corrected chi connectivity index (χ4v) is 2.03. The minimum absolute atomic E-state index is 0.201. The molecule has 1 saturated carbocycles. The van der Waals surface area contributed by atoms with Crippen molar-refractivity contribution >= 4 is 11.6 Å². The van der Waals surface area contributed by atoms with E-state index >= 15 is 0 Å². The van der Waals surface area contributed by atoms with Gasteiger partial charge in [-0.15, -0.1) is 5.10 Å². The van der Waals surface area contributed by atoms with E-state index in [9.17, 15) is 9.90 Å². The standard InChI is InChI=1S/C10H10N4O2/c15-10(16)9-7(6-2-1-3-6)4-11-8-5-12-13-14(8)9/h4-6H,1-3H2,(H,15,16). The van der Waals surface area contributed by atoms with Crippen LogP contribution in [-0.4, -0.2) is 30.9 Å². The topological polar surface area (TPSA) is 80.4 Å². The van der Waals surface area contributed by atoms with Crippen LogP contribution >= 0.6 is 0 Å². The number of nitrogens with zero attached hydrogens (tertiary/aromatic N) is 4. The zero-order valence-electron chi connectivity index (χ0n) is 8.50. The molecule has 0 radical (unpaired) electrons. The zero-order chi connectivity index (χ0) is 11.1. The largest absolute Gasteiger partial charge is 0.476 e. The molecule has 0 unspecified atom stereocenters. The number of hydrogen-bond donors (Lipinski definition) is 1. The average Bonchev–Trinajstić information content (AvgIpc) is 2.61. The summed E-state index contributed by atoms with van der Waals surface area (Å²) in [5.41, 5.74) is 1.45. The lowest BCUT2D eigenvalue weighted by Gasteiger charge is -2.26. The lowest BCUT2D eigenvalue weighted by Crippen LogP contribution is -2.18. The smallest absolute Gasteiger partial charge is 0.355 e. The molecule has 1 N–H and O–H groups in total. The van der Waals surface area contributed by atoms with Gasteiger partial charge < -0.3 is 5.11 Å². The number of carboxylic acids is 1. The average molecular weight is 218 g/mol. The molecule has 1 fully saturated rings. The fraction of sp³-hybridized carbons (Fsp3) is 0.400. The first-order valence-electron chi connectivity index (χ1n) is 5.20. The first-order valence-corrected chi connectivity index (χ1v) is 5.20. The molecular formula is C10H10N4O2. The van der Waals surface area contributed by atoms with E-state index in [0.717, 1.165) is 24.8 Å². The molecule has 6 nitrogen and oxygen atoms in total. The Hall–Kier alpha value is -1.98. The van der Waals surface area contributed by atoms with E-state index in [4.69, 9.17) is 0 Å². The first kappa shape index (κ1) is 9.26. The summed E-state index contributed by atoms with van der Waals surface area (Å²) in [6.07, 6.45) is 6.31. The van der Waals surface area contributed by atoms with E-state index in [-0.39, 0.29) is 5.69 Å². The maximum Gasteiger partial charge on any atom is 0.355 e. The highest BCUT2D eigenvalue weighted by Gasteiger charge is 2.27. The van der Waals surface area contributed by atoms with Gasteiger partial charge in [-0.2, -0.15) is 4.52 Å². The predicted octanol–water partition coefficient (Wildman–Crippen LogP) is 1.09. The third-order valence-corrected chi connectivity index (χ3v) is 3.10. The lowest BCUT2D eigenvalue weighted by molar-refractivity contribution is 0.0684. The molecule has 0 aromatic carbocycles. The first-order chi connectivity index (χ1) is 7.77. The Balaban J connectivity index is 2.25. The highest BCUT2D eigenvalue weighted by molar-refractivity contribution is 5.88. The predicted molar refractivity (Wildman–Crippen MR) is 54.3 cm³/mol. The summed E-state index contributed by atoms with van der Waals surface area (Å²) in [6, 6.07) is 0. The van der Waals surface area contributed by atoms with Crippen LogP contribution in [0, 0.1) is 0 Å². The van der Waals surface area contributed by atoms with Crippen molar-refractivity contribution in [3.05, 3.63) is 23.7 Å². The Morgan fingerprint density at radius 3 is 2.88 bits per heavy atom. The van der Waals surface area contributed by atoms with Crippen molar-refractivity contribution in [1.82, 2.24) is 19.8 Å². The zero-order valence-corrected chi connectivity index (χ0v) is 8.50. The molecule has 0 aliphatic heterocycles. The van der Waals surface area contributed by atoms with Crippen LogP contribution < -0.4 is 0 Å². The van der Waals surface area contributed by atoms with Crippen molar-refractivity contribution in [3.8, 4) is 0 Å². The maximum atomic E-state index is 11.3. The molecule has 0 saturated heterocycles. The molecule has 0 bridgehead atoms. The highest BCUT2D eigenvalue weighted by atomic mass is 16.4. The van der Waals surface area contributed by atoms with Gasteiger partial charge in [-0.05, 0) is 18.8 Å². The molecule has 2 aromatic heterocycles. The Morgan fingerprint density at radius 2 is 2.25 bits per heavy atom. The molecule has 2 aromatic rings. The van der Waals surface area contributed by atoms with Gasteiger partial charge in [0.1, 0.15) is 0 Å². The molecule has 3 rings (SSSR count). The summed E-state index contributed by atoms with van der Waals surface area (Å²) in [5, 5.41) is 16.7. The molecule has 82 valence electrons. The van der Waals surface area contributed by atoms with Crippen molar-refractivity contribution in [2.24, 2.45) is 0 Å². The summed E-state index contributed by atoms with van der Waals surface area (Å²) < 4.78 is 1.30. The summed E-state index contributed by atoms with van der Waals surface area (Å²) in [7, 11) is 0. The normalized spacial score (nSPS) is 16.2. The van der Waals surface area contributed by atoms with Crippen LogP contribution in [0.15, 0.2) is 12.4 Å². The van der Waals surface area contributed by atoms with Crippen LogP contribution in [0.2, 0.25) is 0 Å². The molecular weight excluding hydrogens is 208 g/mol. The lowest BCUT2D eigenvalue weighted by atomic mass is 9.80. The Labute approximate surface area is 90.9 Å². The van der Waals surface area contributed by atoms with E-state index < -0.39 is 5.97 Å². The van der Waals surface area contributed by atoms with Gasteiger partial charge in [-0.3, -0.25) is 0 Å². The van der Waals surface area contributed by atoms with Crippen molar-refractivity contribution in [1.29, 1.82) is 0 Å². The van der Waals surface area contributed by atoms with Gasteiger partial charge in [0.25, 0.3) is 0 Å². The van der Waals surface area contributed by atoms with Crippen molar-refractivity contribution in [3.63, 3.8) is 0 Å². The number of fused-ring (bicyclic) bond motifs is 1. The quantitative estimate of drug-likeness (QED) is 0.816. The number of aromatic carboxylic acids is 1.